The second-order valence-corrected chi connectivity index (χ2v) is 9.55. The van der Waals surface area contributed by atoms with E-state index in [1.54, 1.807) is 12.1 Å². The third-order valence-electron chi connectivity index (χ3n) is 6.91. The van der Waals surface area contributed by atoms with Gasteiger partial charge >= 0.3 is 5.97 Å². The lowest BCUT2D eigenvalue weighted by atomic mass is 10.1. The molecule has 3 heterocycles. The SMILES string of the molecule is CCCCN1C(=O)C(=Cc2c(-n3cccc3)nc(CCC)n2Cc2ccc(C(=O)O)cc2)c2ccccc21. The Morgan fingerprint density at radius 1 is 0.974 bits per heavy atom. The Morgan fingerprint density at radius 3 is 2.39 bits per heavy atom. The molecular formula is C31H32N4O3. The van der Waals surface area contributed by atoms with Crippen molar-refractivity contribution in [2.24, 2.45) is 0 Å². The minimum Gasteiger partial charge on any atom is -0.478 e. The van der Waals surface area contributed by atoms with Gasteiger partial charge in [0.25, 0.3) is 5.91 Å². The van der Waals surface area contributed by atoms with E-state index in [9.17, 15) is 14.7 Å². The van der Waals surface area contributed by atoms with Gasteiger partial charge in [-0.3, -0.25) is 4.79 Å². The maximum absolute atomic E-state index is 13.7. The van der Waals surface area contributed by atoms with Gasteiger partial charge in [0.2, 0.25) is 0 Å². The first-order valence-electron chi connectivity index (χ1n) is 13.2. The van der Waals surface area contributed by atoms with Crippen molar-refractivity contribution in [3.63, 3.8) is 0 Å². The molecule has 0 aliphatic carbocycles. The van der Waals surface area contributed by atoms with E-state index >= 15 is 0 Å². The van der Waals surface area contributed by atoms with Gasteiger partial charge in [0.05, 0.1) is 22.5 Å². The topological polar surface area (TPSA) is 80.4 Å². The Balaban J connectivity index is 1.66. The molecule has 1 N–H and O–H groups in total. The Kier molecular flexibility index (Phi) is 7.26. The first-order chi connectivity index (χ1) is 18.5. The predicted molar refractivity (Wildman–Crippen MR) is 150 cm³/mol. The fourth-order valence-corrected chi connectivity index (χ4v) is 4.96. The van der Waals surface area contributed by atoms with E-state index in [1.165, 1.54) is 0 Å². The summed E-state index contributed by atoms with van der Waals surface area (Å²) < 4.78 is 4.14. The van der Waals surface area contributed by atoms with Crippen LogP contribution in [0.15, 0.2) is 73.1 Å². The molecule has 4 aromatic rings. The van der Waals surface area contributed by atoms with E-state index < -0.39 is 5.97 Å². The van der Waals surface area contributed by atoms with Gasteiger partial charge in [-0.05, 0) is 54.8 Å². The van der Waals surface area contributed by atoms with Crippen LogP contribution in [0.3, 0.4) is 0 Å². The number of hydrogen-bond donors (Lipinski definition) is 1. The van der Waals surface area contributed by atoms with Crippen molar-refractivity contribution in [2.75, 3.05) is 11.4 Å². The van der Waals surface area contributed by atoms with Crippen LogP contribution in [-0.4, -0.2) is 37.6 Å². The zero-order chi connectivity index (χ0) is 26.6. The maximum Gasteiger partial charge on any atom is 0.335 e. The maximum atomic E-state index is 13.7. The van der Waals surface area contributed by atoms with Gasteiger partial charge in [-0.2, -0.15) is 0 Å². The number of nitrogens with zero attached hydrogens (tertiary/aromatic N) is 4. The van der Waals surface area contributed by atoms with E-state index in [0.29, 0.717) is 18.7 Å². The summed E-state index contributed by atoms with van der Waals surface area (Å²) in [5.74, 6) is 0.753. The van der Waals surface area contributed by atoms with Crippen molar-refractivity contribution in [1.29, 1.82) is 0 Å². The number of fused-ring (bicyclic) bond motifs is 1. The summed E-state index contributed by atoms with van der Waals surface area (Å²) in [4.78, 5) is 32.0. The lowest BCUT2D eigenvalue weighted by molar-refractivity contribution is -0.113. The summed E-state index contributed by atoms with van der Waals surface area (Å²) in [7, 11) is 0. The fraction of sp³-hybridized carbons (Fsp3) is 0.258. The standard InChI is InChI=1S/C31H32N4O3/c1-3-5-19-34-26-12-7-6-11-24(26)25(30(34)36)20-27-29(33-17-8-9-18-33)32-28(10-4-2)35(27)21-22-13-15-23(16-14-22)31(37)38/h6-9,11-18,20H,3-5,10,19,21H2,1-2H3,(H,37,38). The van der Waals surface area contributed by atoms with Crippen LogP contribution in [-0.2, 0) is 17.8 Å². The molecule has 0 fully saturated rings. The number of aryl methyl sites for hydroxylation is 1. The highest BCUT2D eigenvalue weighted by molar-refractivity contribution is 6.35. The molecule has 0 bridgehead atoms. The largest absolute Gasteiger partial charge is 0.478 e. The molecule has 0 spiro atoms. The van der Waals surface area contributed by atoms with Crippen LogP contribution in [0.2, 0.25) is 0 Å². The Labute approximate surface area is 222 Å². The summed E-state index contributed by atoms with van der Waals surface area (Å²) in [6.45, 7) is 5.45. The first kappa shape index (κ1) is 25.3. The van der Waals surface area contributed by atoms with Gasteiger partial charge in [0, 0.05) is 37.5 Å². The fourth-order valence-electron chi connectivity index (χ4n) is 4.96. The average molecular weight is 509 g/mol. The molecule has 2 aromatic carbocycles. The molecule has 2 aromatic heterocycles. The number of carbonyl (C=O) groups excluding carboxylic acids is 1. The Bertz CT molecular complexity index is 1480. The molecule has 7 heteroatoms. The van der Waals surface area contributed by atoms with E-state index in [2.05, 4.69) is 18.4 Å². The highest BCUT2D eigenvalue weighted by Gasteiger charge is 2.32. The minimum atomic E-state index is -0.947. The molecule has 1 aliphatic heterocycles. The van der Waals surface area contributed by atoms with Crippen LogP contribution in [0.1, 0.15) is 66.1 Å². The van der Waals surface area contributed by atoms with Crippen molar-refractivity contribution in [3.8, 4) is 5.82 Å². The molecule has 1 amide bonds. The number of unbranched alkanes of at least 4 members (excludes halogenated alkanes) is 1. The van der Waals surface area contributed by atoms with Gasteiger partial charge in [0.1, 0.15) is 5.82 Å². The van der Waals surface area contributed by atoms with Crippen molar-refractivity contribution in [2.45, 2.75) is 46.1 Å². The number of carbonyl (C=O) groups is 2. The minimum absolute atomic E-state index is 0.00806. The van der Waals surface area contributed by atoms with Crippen molar-refractivity contribution in [3.05, 3.63) is 101 Å². The molecule has 0 saturated carbocycles. The van der Waals surface area contributed by atoms with Gasteiger partial charge in [-0.15, -0.1) is 0 Å². The van der Waals surface area contributed by atoms with Gasteiger partial charge in [-0.25, -0.2) is 9.78 Å². The number of aromatic nitrogens is 3. The number of para-hydroxylation sites is 1. The normalized spacial score (nSPS) is 13.9. The van der Waals surface area contributed by atoms with Crippen molar-refractivity contribution >= 4 is 29.2 Å². The predicted octanol–water partition coefficient (Wildman–Crippen LogP) is 6.06. The molecule has 0 radical (unpaired) electrons. The third kappa shape index (κ3) is 4.79. The first-order valence-corrected chi connectivity index (χ1v) is 13.2. The number of anilines is 1. The number of aromatic carboxylic acids is 1. The molecule has 0 atom stereocenters. The van der Waals surface area contributed by atoms with E-state index in [1.807, 2.05) is 76.5 Å². The number of amides is 1. The van der Waals surface area contributed by atoms with Crippen LogP contribution in [0, 0.1) is 0 Å². The second-order valence-electron chi connectivity index (χ2n) is 9.55. The number of hydrogen-bond acceptors (Lipinski definition) is 3. The van der Waals surface area contributed by atoms with Gasteiger partial charge < -0.3 is 19.1 Å². The summed E-state index contributed by atoms with van der Waals surface area (Å²) in [6.07, 6.45) is 9.55. The highest BCUT2D eigenvalue weighted by Crippen LogP contribution is 2.38. The smallest absolute Gasteiger partial charge is 0.335 e. The van der Waals surface area contributed by atoms with E-state index in [0.717, 1.165) is 59.8 Å². The number of carboxylic acid groups (broad SMARTS) is 1. The molecule has 0 unspecified atom stereocenters. The molecule has 1 aliphatic rings. The zero-order valence-corrected chi connectivity index (χ0v) is 21.8. The van der Waals surface area contributed by atoms with Crippen LogP contribution in [0.5, 0.6) is 0 Å². The summed E-state index contributed by atoms with van der Waals surface area (Å²) in [6, 6.07) is 18.8. The monoisotopic (exact) mass is 508 g/mol. The Morgan fingerprint density at radius 2 is 1.71 bits per heavy atom. The molecule has 7 nitrogen and oxygen atoms in total. The van der Waals surface area contributed by atoms with Crippen LogP contribution >= 0.6 is 0 Å². The number of imidazole rings is 1. The van der Waals surface area contributed by atoms with Gasteiger partial charge in [-0.1, -0.05) is 50.6 Å². The Hall–Kier alpha value is -4.39. The number of carboxylic acids is 1. The quantitative estimate of drug-likeness (QED) is 0.264. The van der Waals surface area contributed by atoms with Crippen molar-refractivity contribution in [1.82, 2.24) is 14.1 Å². The van der Waals surface area contributed by atoms with Crippen LogP contribution in [0.25, 0.3) is 17.5 Å². The molecule has 5 rings (SSSR count). The third-order valence-corrected chi connectivity index (χ3v) is 6.91. The van der Waals surface area contributed by atoms with E-state index in [-0.39, 0.29) is 11.5 Å². The van der Waals surface area contributed by atoms with Crippen molar-refractivity contribution < 1.29 is 14.7 Å². The van der Waals surface area contributed by atoms with E-state index in [4.69, 9.17) is 4.98 Å². The molecule has 38 heavy (non-hydrogen) atoms. The molecular weight excluding hydrogens is 476 g/mol. The summed E-state index contributed by atoms with van der Waals surface area (Å²) in [5.41, 5.74) is 4.61. The molecule has 0 saturated heterocycles. The number of benzene rings is 2. The second kappa shape index (κ2) is 10.9. The van der Waals surface area contributed by atoms with Crippen LogP contribution < -0.4 is 4.90 Å². The highest BCUT2D eigenvalue weighted by atomic mass is 16.4. The average Bonchev–Trinajstić information content (AvgIpc) is 3.63. The number of rotatable bonds is 10. The zero-order valence-electron chi connectivity index (χ0n) is 21.8. The summed E-state index contributed by atoms with van der Waals surface area (Å²) >= 11 is 0. The van der Waals surface area contributed by atoms with Gasteiger partial charge in [0.15, 0.2) is 5.82 Å². The lowest BCUT2D eigenvalue weighted by Gasteiger charge is -2.16. The lowest BCUT2D eigenvalue weighted by Crippen LogP contribution is -2.27. The molecule has 194 valence electrons. The summed E-state index contributed by atoms with van der Waals surface area (Å²) in [5, 5.41) is 9.31. The van der Waals surface area contributed by atoms with Crippen LogP contribution in [0.4, 0.5) is 5.69 Å².